The van der Waals surface area contributed by atoms with Crippen molar-refractivity contribution in [3.8, 4) is 5.69 Å². The minimum atomic E-state index is 0.00746. The number of benzene rings is 1. The molecule has 3 heterocycles. The molecule has 1 saturated heterocycles. The largest absolute Gasteiger partial charge is 0.339 e. The molecule has 33 heavy (non-hydrogen) atoms. The summed E-state index contributed by atoms with van der Waals surface area (Å²) in [4.78, 5) is 36.2. The summed E-state index contributed by atoms with van der Waals surface area (Å²) in [6.45, 7) is 5.02. The van der Waals surface area contributed by atoms with Crippen molar-refractivity contribution in [2.45, 2.75) is 76.4 Å². The van der Waals surface area contributed by atoms with Crippen LogP contribution in [0.5, 0.6) is 0 Å². The van der Waals surface area contributed by atoms with Crippen molar-refractivity contribution in [1.82, 2.24) is 14.5 Å². The fourth-order valence-electron chi connectivity index (χ4n) is 5.27. The first-order chi connectivity index (χ1) is 16.1. The molecule has 0 radical (unpaired) electrons. The van der Waals surface area contributed by atoms with Crippen LogP contribution in [-0.4, -0.2) is 38.7 Å². The monoisotopic (exact) mass is 481 g/mol. The number of aromatic nitrogens is 2. The molecule has 3 aromatic rings. The van der Waals surface area contributed by atoms with Gasteiger partial charge < -0.3 is 4.90 Å². The predicted molar refractivity (Wildman–Crippen MR) is 137 cm³/mol. The molecular formula is C26H31N3O2S2. The minimum Gasteiger partial charge on any atom is -0.339 e. The van der Waals surface area contributed by atoms with E-state index < -0.39 is 0 Å². The molecule has 2 aliphatic rings. The number of carbonyl (C=O) groups excluding carboxylic acids is 1. The predicted octanol–water partition coefficient (Wildman–Crippen LogP) is 5.52. The number of carbonyl (C=O) groups is 1. The number of nitrogens with zero attached hydrogens (tertiary/aromatic N) is 3. The maximum atomic E-state index is 13.9. The molecule has 1 aliphatic heterocycles. The van der Waals surface area contributed by atoms with Crippen LogP contribution in [0.25, 0.3) is 15.9 Å². The molecule has 5 nitrogen and oxygen atoms in total. The Bertz CT molecular complexity index is 1250. The molecule has 7 heteroatoms. The summed E-state index contributed by atoms with van der Waals surface area (Å²) in [5.41, 5.74) is 3.09. The number of likely N-dealkylation sites (tertiary alicyclic amines) is 1. The van der Waals surface area contributed by atoms with E-state index in [1.165, 1.54) is 35.0 Å². The number of aryl methyl sites for hydroxylation is 3. The first kappa shape index (κ1) is 22.7. The Hall–Kier alpha value is -2.12. The van der Waals surface area contributed by atoms with E-state index in [9.17, 15) is 9.59 Å². The van der Waals surface area contributed by atoms with Crippen molar-refractivity contribution in [1.29, 1.82) is 0 Å². The van der Waals surface area contributed by atoms with Crippen LogP contribution in [0.4, 0.5) is 0 Å². The van der Waals surface area contributed by atoms with Gasteiger partial charge in [0, 0.05) is 17.5 Å². The van der Waals surface area contributed by atoms with Gasteiger partial charge in [-0.15, -0.1) is 11.3 Å². The van der Waals surface area contributed by atoms with Crippen molar-refractivity contribution in [2.75, 3.05) is 12.3 Å². The molecule has 1 amide bonds. The summed E-state index contributed by atoms with van der Waals surface area (Å²) >= 11 is 3.08. The van der Waals surface area contributed by atoms with Crippen LogP contribution >= 0.6 is 23.1 Å². The highest BCUT2D eigenvalue weighted by Gasteiger charge is 2.27. The van der Waals surface area contributed by atoms with Crippen LogP contribution in [0, 0.1) is 6.92 Å². The third kappa shape index (κ3) is 4.26. The van der Waals surface area contributed by atoms with Gasteiger partial charge in [0.25, 0.3) is 5.56 Å². The van der Waals surface area contributed by atoms with Gasteiger partial charge in [0.1, 0.15) is 4.83 Å². The lowest BCUT2D eigenvalue weighted by molar-refractivity contribution is -0.132. The highest BCUT2D eigenvalue weighted by atomic mass is 32.2. The fourth-order valence-corrected chi connectivity index (χ4v) is 7.47. The molecule has 1 unspecified atom stereocenters. The number of thiophene rings is 1. The lowest BCUT2D eigenvalue weighted by Gasteiger charge is -2.35. The summed E-state index contributed by atoms with van der Waals surface area (Å²) in [5.74, 6) is 0.466. The SMILES string of the molecule is CCC1CCCCN1C(=O)CSc1nc2sc3c(c2c(=O)n1-c1ccccc1C)CCCC3. The summed E-state index contributed by atoms with van der Waals surface area (Å²) in [6, 6.07) is 8.28. The highest BCUT2D eigenvalue weighted by molar-refractivity contribution is 7.99. The molecule has 5 rings (SSSR count). The molecule has 1 fully saturated rings. The number of amides is 1. The first-order valence-corrected chi connectivity index (χ1v) is 13.9. The Balaban J connectivity index is 1.56. The summed E-state index contributed by atoms with van der Waals surface area (Å²) in [7, 11) is 0. The summed E-state index contributed by atoms with van der Waals surface area (Å²) in [6.07, 6.45) is 8.65. The normalized spacial score (nSPS) is 18.5. The van der Waals surface area contributed by atoms with Crippen LogP contribution in [0.3, 0.4) is 0 Å². The number of hydrogen-bond acceptors (Lipinski definition) is 5. The van der Waals surface area contributed by atoms with E-state index in [4.69, 9.17) is 4.98 Å². The third-order valence-electron chi connectivity index (χ3n) is 7.06. The zero-order valence-corrected chi connectivity index (χ0v) is 21.1. The van der Waals surface area contributed by atoms with E-state index >= 15 is 0 Å². The molecule has 1 aromatic carbocycles. The van der Waals surface area contributed by atoms with Crippen molar-refractivity contribution in [2.24, 2.45) is 0 Å². The molecule has 174 valence electrons. The quantitative estimate of drug-likeness (QED) is 0.356. The maximum absolute atomic E-state index is 13.9. The van der Waals surface area contributed by atoms with E-state index in [1.807, 2.05) is 31.2 Å². The van der Waals surface area contributed by atoms with Gasteiger partial charge in [0.05, 0.1) is 16.8 Å². The Morgan fingerprint density at radius 2 is 2.00 bits per heavy atom. The number of para-hydroxylation sites is 1. The number of thioether (sulfide) groups is 1. The van der Waals surface area contributed by atoms with Gasteiger partial charge in [-0.25, -0.2) is 4.98 Å². The Labute approximate surface area is 203 Å². The smallest absolute Gasteiger partial charge is 0.267 e. The van der Waals surface area contributed by atoms with E-state index in [0.29, 0.717) is 17.0 Å². The third-order valence-corrected chi connectivity index (χ3v) is 9.17. The van der Waals surface area contributed by atoms with Crippen LogP contribution in [0.2, 0.25) is 0 Å². The molecular weight excluding hydrogens is 450 g/mol. The van der Waals surface area contributed by atoms with E-state index in [2.05, 4.69) is 11.8 Å². The van der Waals surface area contributed by atoms with Crippen molar-refractivity contribution >= 4 is 39.2 Å². The van der Waals surface area contributed by atoms with Gasteiger partial charge in [-0.05, 0) is 75.5 Å². The molecule has 0 N–H and O–H groups in total. The lowest BCUT2D eigenvalue weighted by Crippen LogP contribution is -2.44. The number of hydrogen-bond donors (Lipinski definition) is 0. The van der Waals surface area contributed by atoms with Crippen molar-refractivity contribution in [3.05, 3.63) is 50.6 Å². The van der Waals surface area contributed by atoms with Gasteiger partial charge in [-0.3, -0.25) is 14.2 Å². The van der Waals surface area contributed by atoms with Crippen LogP contribution in [-0.2, 0) is 17.6 Å². The van der Waals surface area contributed by atoms with Gasteiger partial charge in [-0.1, -0.05) is 36.9 Å². The Kier molecular flexibility index (Phi) is 6.61. The van der Waals surface area contributed by atoms with Crippen LogP contribution in [0.15, 0.2) is 34.2 Å². The first-order valence-electron chi connectivity index (χ1n) is 12.1. The van der Waals surface area contributed by atoms with Crippen LogP contribution in [0.1, 0.15) is 61.5 Å². The van der Waals surface area contributed by atoms with Crippen molar-refractivity contribution in [3.63, 3.8) is 0 Å². The molecule has 0 bridgehead atoms. The second-order valence-electron chi connectivity index (χ2n) is 9.15. The average molecular weight is 482 g/mol. The summed E-state index contributed by atoms with van der Waals surface area (Å²) in [5, 5.41) is 1.41. The van der Waals surface area contributed by atoms with Crippen LogP contribution < -0.4 is 5.56 Å². The van der Waals surface area contributed by atoms with E-state index in [1.54, 1.807) is 15.9 Å². The maximum Gasteiger partial charge on any atom is 0.267 e. The number of rotatable bonds is 5. The Morgan fingerprint density at radius 1 is 1.18 bits per heavy atom. The second kappa shape index (κ2) is 9.63. The molecule has 2 aromatic heterocycles. The van der Waals surface area contributed by atoms with E-state index in [-0.39, 0.29) is 11.5 Å². The zero-order chi connectivity index (χ0) is 22.9. The van der Waals surface area contributed by atoms with Gasteiger partial charge >= 0.3 is 0 Å². The molecule has 1 atom stereocenters. The second-order valence-corrected chi connectivity index (χ2v) is 11.2. The average Bonchev–Trinajstić information content (AvgIpc) is 3.22. The number of piperidine rings is 1. The van der Waals surface area contributed by atoms with Gasteiger partial charge in [0.15, 0.2) is 5.16 Å². The van der Waals surface area contributed by atoms with Gasteiger partial charge in [0.2, 0.25) is 5.91 Å². The summed E-state index contributed by atoms with van der Waals surface area (Å²) < 4.78 is 1.75. The Morgan fingerprint density at radius 3 is 2.82 bits per heavy atom. The standard InChI is InChI=1S/C26H31N3O2S2/c1-3-18-11-8-9-15-28(18)22(30)16-32-26-27-24-23(19-12-5-7-14-21(19)33-24)25(31)29(26)20-13-6-4-10-17(20)2/h4,6,10,13,18H,3,5,7-9,11-12,14-16H2,1-2H3. The molecule has 1 aliphatic carbocycles. The van der Waals surface area contributed by atoms with Crippen molar-refractivity contribution < 1.29 is 4.79 Å². The molecule has 0 saturated carbocycles. The zero-order valence-electron chi connectivity index (χ0n) is 19.4. The van der Waals surface area contributed by atoms with E-state index in [0.717, 1.165) is 66.5 Å². The molecule has 0 spiro atoms. The van der Waals surface area contributed by atoms with Gasteiger partial charge in [-0.2, -0.15) is 0 Å². The minimum absolute atomic E-state index is 0.00746. The fraction of sp³-hybridized carbons (Fsp3) is 0.500. The number of fused-ring (bicyclic) bond motifs is 3. The highest BCUT2D eigenvalue weighted by Crippen LogP contribution is 2.35. The topological polar surface area (TPSA) is 55.2 Å². The lowest BCUT2D eigenvalue weighted by atomic mass is 9.97.